The number of nitrogens with one attached hydrogen (secondary N) is 1. The number of H-pyrrole nitrogens is 1. The van der Waals surface area contributed by atoms with Crippen LogP contribution in [0.2, 0.25) is 0 Å². The third-order valence-electron chi connectivity index (χ3n) is 3.34. The van der Waals surface area contributed by atoms with Crippen LogP contribution in [0.4, 0.5) is 0 Å². The van der Waals surface area contributed by atoms with E-state index in [0.717, 1.165) is 0 Å². The Balaban J connectivity index is 1.76. The summed E-state index contributed by atoms with van der Waals surface area (Å²) in [6, 6.07) is 1.23. The lowest BCUT2D eigenvalue weighted by molar-refractivity contribution is -0.0748. The molecule has 9 nitrogen and oxygen atoms in total. The van der Waals surface area contributed by atoms with Gasteiger partial charge in [-0.2, -0.15) is 0 Å². The molecule has 3 rings (SSSR count). The molecule has 0 bridgehead atoms. The van der Waals surface area contributed by atoms with Gasteiger partial charge in [0.1, 0.15) is 18.4 Å². The molecular formula is C12H17N2O7P. The van der Waals surface area contributed by atoms with Gasteiger partial charge in [-0.25, -0.2) is 9.36 Å². The largest absolute Gasteiger partial charge is 0.475 e. The molecular weight excluding hydrogens is 315 g/mol. The monoisotopic (exact) mass is 332 g/mol. The average Bonchev–Trinajstić information content (AvgIpc) is 2.79. The smallest absolute Gasteiger partial charge is 0.349 e. The van der Waals surface area contributed by atoms with E-state index >= 15 is 0 Å². The molecule has 0 aliphatic carbocycles. The number of hydrogen-bond acceptors (Lipinski definition) is 7. The fourth-order valence-corrected chi connectivity index (χ4v) is 4.03. The minimum atomic E-state index is -3.60. The van der Waals surface area contributed by atoms with Crippen molar-refractivity contribution in [2.75, 3.05) is 6.61 Å². The van der Waals surface area contributed by atoms with E-state index in [9.17, 15) is 14.2 Å². The van der Waals surface area contributed by atoms with Gasteiger partial charge in [0.15, 0.2) is 0 Å². The molecule has 2 fully saturated rings. The molecule has 1 aromatic rings. The third-order valence-corrected chi connectivity index (χ3v) is 5.02. The van der Waals surface area contributed by atoms with E-state index in [-0.39, 0.29) is 12.7 Å². The Bertz CT molecular complexity index is 712. The van der Waals surface area contributed by atoms with Crippen molar-refractivity contribution in [3.05, 3.63) is 33.1 Å². The van der Waals surface area contributed by atoms with Gasteiger partial charge in [-0.1, -0.05) is 0 Å². The molecule has 122 valence electrons. The van der Waals surface area contributed by atoms with Crippen molar-refractivity contribution in [3.63, 3.8) is 0 Å². The van der Waals surface area contributed by atoms with Crippen molar-refractivity contribution in [2.45, 2.75) is 44.8 Å². The van der Waals surface area contributed by atoms with E-state index in [1.54, 1.807) is 13.8 Å². The van der Waals surface area contributed by atoms with Gasteiger partial charge in [0.2, 0.25) is 0 Å². The lowest BCUT2D eigenvalue weighted by atomic mass is 10.2. The molecule has 0 aromatic carbocycles. The second kappa shape index (κ2) is 5.75. The number of nitrogens with zero attached hydrogens (tertiary/aromatic N) is 1. The summed E-state index contributed by atoms with van der Waals surface area (Å²) in [4.78, 5) is 25.0. The summed E-state index contributed by atoms with van der Waals surface area (Å²) < 4.78 is 35.0. The molecule has 1 N–H and O–H groups in total. The molecule has 1 aromatic heterocycles. The Labute approximate surface area is 125 Å². The van der Waals surface area contributed by atoms with Crippen LogP contribution < -0.4 is 11.2 Å². The normalized spacial score (nSPS) is 34.8. The van der Waals surface area contributed by atoms with Crippen LogP contribution in [0.3, 0.4) is 0 Å². The highest BCUT2D eigenvalue weighted by atomic mass is 31.2. The van der Waals surface area contributed by atoms with Crippen molar-refractivity contribution in [1.29, 1.82) is 0 Å². The number of rotatable bonds is 3. The molecule has 10 heteroatoms. The molecule has 2 aliphatic heterocycles. The highest BCUT2D eigenvalue weighted by Crippen LogP contribution is 2.57. The van der Waals surface area contributed by atoms with E-state index in [2.05, 4.69) is 4.98 Å². The Morgan fingerprint density at radius 3 is 2.86 bits per heavy atom. The average molecular weight is 332 g/mol. The summed E-state index contributed by atoms with van der Waals surface area (Å²) in [5.41, 5.74) is -1.05. The van der Waals surface area contributed by atoms with E-state index in [1.165, 1.54) is 16.8 Å². The summed E-state index contributed by atoms with van der Waals surface area (Å²) in [5, 5.41) is 0. The number of phosphoric ester groups is 1. The first-order valence-electron chi connectivity index (χ1n) is 6.94. The fraction of sp³-hybridized carbons (Fsp3) is 0.667. The number of aromatic nitrogens is 2. The number of fused-ring (bicyclic) bond motifs is 1. The summed E-state index contributed by atoms with van der Waals surface area (Å²) in [6.07, 6.45) is -0.195. The minimum Gasteiger partial charge on any atom is -0.349 e. The lowest BCUT2D eigenvalue weighted by Gasteiger charge is -2.30. The van der Waals surface area contributed by atoms with E-state index < -0.39 is 37.5 Å². The first-order chi connectivity index (χ1) is 10.4. The molecule has 3 unspecified atom stereocenters. The molecule has 0 radical (unpaired) electrons. The van der Waals surface area contributed by atoms with Crippen molar-refractivity contribution in [2.24, 2.45) is 0 Å². The SMILES string of the molecule is CC(C)OP1(=O)OCC2O[C@@H](n3ccc(=O)[nH]c3=O)CC2O1. The van der Waals surface area contributed by atoms with Gasteiger partial charge in [-0.15, -0.1) is 0 Å². The molecule has 2 aliphatic rings. The molecule has 3 heterocycles. The van der Waals surface area contributed by atoms with Gasteiger partial charge in [0, 0.05) is 18.7 Å². The standard InChI is InChI=1S/C12H17N2O7P/c1-7(2)20-22(17)18-6-9-8(21-22)5-11(19-9)14-4-3-10(15)13-12(14)16/h3-4,7-9,11H,5-6H2,1-2H3,(H,13,15,16)/t8?,9?,11-,22?/m1/s1. The molecule has 2 saturated heterocycles. The topological polar surface area (TPSA) is 109 Å². The Morgan fingerprint density at radius 2 is 2.18 bits per heavy atom. The molecule has 22 heavy (non-hydrogen) atoms. The number of ether oxygens (including phenoxy) is 1. The lowest BCUT2D eigenvalue weighted by Crippen LogP contribution is -2.34. The van der Waals surface area contributed by atoms with Crippen molar-refractivity contribution in [1.82, 2.24) is 9.55 Å². The Hall–Kier alpha value is -1.25. The zero-order valence-electron chi connectivity index (χ0n) is 12.1. The number of hydrogen-bond donors (Lipinski definition) is 1. The van der Waals surface area contributed by atoms with Crippen LogP contribution in [0, 0.1) is 0 Å². The van der Waals surface area contributed by atoms with E-state index in [1.807, 2.05) is 0 Å². The van der Waals surface area contributed by atoms with Crippen LogP contribution >= 0.6 is 7.82 Å². The molecule has 4 atom stereocenters. The Kier molecular flexibility index (Phi) is 4.09. The Morgan fingerprint density at radius 1 is 1.41 bits per heavy atom. The summed E-state index contributed by atoms with van der Waals surface area (Å²) in [7, 11) is -3.60. The maximum Gasteiger partial charge on any atom is 0.475 e. The fourth-order valence-electron chi connectivity index (χ4n) is 2.46. The van der Waals surface area contributed by atoms with Gasteiger partial charge in [-0.05, 0) is 13.8 Å². The van der Waals surface area contributed by atoms with Crippen molar-refractivity contribution >= 4 is 7.82 Å². The summed E-state index contributed by atoms with van der Waals surface area (Å²) in [5.74, 6) is 0. The van der Waals surface area contributed by atoms with Gasteiger partial charge in [-0.3, -0.25) is 27.9 Å². The third kappa shape index (κ3) is 3.09. The van der Waals surface area contributed by atoms with Crippen LogP contribution in [-0.2, 0) is 22.9 Å². The predicted octanol–water partition coefficient (Wildman–Crippen LogP) is 0.773. The first-order valence-corrected chi connectivity index (χ1v) is 8.41. The maximum absolute atomic E-state index is 12.3. The van der Waals surface area contributed by atoms with Crippen LogP contribution in [0.25, 0.3) is 0 Å². The van der Waals surface area contributed by atoms with Gasteiger partial charge >= 0.3 is 13.5 Å². The maximum atomic E-state index is 12.3. The molecule has 0 saturated carbocycles. The highest BCUT2D eigenvalue weighted by molar-refractivity contribution is 7.48. The minimum absolute atomic E-state index is 0.0588. The van der Waals surface area contributed by atoms with Crippen molar-refractivity contribution < 1.29 is 22.9 Å². The number of phosphoric acid groups is 1. The van der Waals surface area contributed by atoms with Gasteiger partial charge in [0.05, 0.1) is 12.7 Å². The second-order valence-electron chi connectivity index (χ2n) is 5.42. The van der Waals surface area contributed by atoms with Crippen LogP contribution in [-0.4, -0.2) is 34.5 Å². The second-order valence-corrected chi connectivity index (χ2v) is 7.00. The quantitative estimate of drug-likeness (QED) is 0.814. The highest BCUT2D eigenvalue weighted by Gasteiger charge is 2.48. The predicted molar refractivity (Wildman–Crippen MR) is 74.5 cm³/mol. The summed E-state index contributed by atoms with van der Waals surface area (Å²) in [6.45, 7) is 3.52. The van der Waals surface area contributed by atoms with E-state index in [4.69, 9.17) is 18.3 Å². The number of aromatic amines is 1. The molecule has 0 amide bonds. The van der Waals surface area contributed by atoms with Crippen LogP contribution in [0.15, 0.2) is 21.9 Å². The zero-order chi connectivity index (χ0) is 15.9. The van der Waals surface area contributed by atoms with Gasteiger partial charge < -0.3 is 4.74 Å². The zero-order valence-corrected chi connectivity index (χ0v) is 13.0. The van der Waals surface area contributed by atoms with Crippen LogP contribution in [0.5, 0.6) is 0 Å². The summed E-state index contributed by atoms with van der Waals surface area (Å²) >= 11 is 0. The molecule has 0 spiro atoms. The first kappa shape index (κ1) is 15.6. The van der Waals surface area contributed by atoms with Crippen LogP contribution in [0.1, 0.15) is 26.5 Å². The van der Waals surface area contributed by atoms with Gasteiger partial charge in [0.25, 0.3) is 5.56 Å². The van der Waals surface area contributed by atoms with E-state index in [0.29, 0.717) is 6.42 Å². The van der Waals surface area contributed by atoms with Crippen molar-refractivity contribution in [3.8, 4) is 0 Å².